The molecule has 0 spiro atoms. The molecule has 1 fully saturated rings. The summed E-state index contributed by atoms with van der Waals surface area (Å²) in [7, 11) is 0. The number of carbonyl (C=O) groups excluding carboxylic acids is 4. The van der Waals surface area contributed by atoms with Gasteiger partial charge in [0.25, 0.3) is 0 Å². The van der Waals surface area contributed by atoms with Crippen molar-refractivity contribution in [2.45, 2.75) is 91.3 Å². The summed E-state index contributed by atoms with van der Waals surface area (Å²) in [6.45, 7) is 12.1. The van der Waals surface area contributed by atoms with Gasteiger partial charge in [-0.3, -0.25) is 4.79 Å². The van der Waals surface area contributed by atoms with Crippen LogP contribution in [0.4, 0.5) is 14.4 Å². The molecule has 2 aromatic rings. The Morgan fingerprint density at radius 3 is 1.87 bits per heavy atom. The lowest BCUT2D eigenvalue weighted by atomic mass is 9.97. The lowest BCUT2D eigenvalue weighted by molar-refractivity contribution is -0.145. The highest BCUT2D eigenvalue weighted by molar-refractivity contribution is 5.73. The molecule has 0 bridgehead atoms. The third kappa shape index (κ3) is 14.8. The highest BCUT2D eigenvalue weighted by Crippen LogP contribution is 2.20. The molecule has 47 heavy (non-hydrogen) atoms. The van der Waals surface area contributed by atoms with Gasteiger partial charge in [-0.25, -0.2) is 24.8 Å². The summed E-state index contributed by atoms with van der Waals surface area (Å²) in [5.74, 6) is -0.464. The normalized spacial score (nSPS) is 14.5. The molecule has 1 aliphatic rings. The third-order valence-electron chi connectivity index (χ3n) is 7.04. The Labute approximate surface area is 278 Å². The number of nitrogens with one attached hydrogen (secondary N) is 2. The van der Waals surface area contributed by atoms with E-state index in [-0.39, 0.29) is 38.2 Å². The first-order chi connectivity index (χ1) is 22.2. The molecule has 3 rings (SSSR count). The van der Waals surface area contributed by atoms with Gasteiger partial charge >= 0.3 is 24.2 Å². The van der Waals surface area contributed by atoms with E-state index in [4.69, 9.17) is 18.9 Å². The molecule has 12 nitrogen and oxygen atoms in total. The molecule has 0 aromatic heterocycles. The van der Waals surface area contributed by atoms with Crippen LogP contribution in [0.2, 0.25) is 0 Å². The van der Waals surface area contributed by atoms with Gasteiger partial charge < -0.3 is 29.2 Å². The van der Waals surface area contributed by atoms with Crippen LogP contribution in [0.15, 0.2) is 60.7 Å². The first kappa shape index (κ1) is 37.1. The summed E-state index contributed by atoms with van der Waals surface area (Å²) in [6.07, 6.45) is -0.533. The third-order valence-corrected chi connectivity index (χ3v) is 7.04. The smallest absolute Gasteiger partial charge is 0.424 e. The topological polar surface area (TPSA) is 136 Å². The number of nitrogens with zero attached hydrogens (tertiary/aromatic N) is 2. The number of carbonyl (C=O) groups is 4. The van der Waals surface area contributed by atoms with Crippen LogP contribution in [-0.2, 0) is 37.0 Å². The van der Waals surface area contributed by atoms with Crippen LogP contribution in [-0.4, -0.2) is 77.6 Å². The molecule has 1 atom stereocenters. The molecule has 0 aliphatic carbocycles. The van der Waals surface area contributed by atoms with Crippen molar-refractivity contribution in [1.29, 1.82) is 0 Å². The number of likely N-dealkylation sites (tertiary alicyclic amines) is 1. The van der Waals surface area contributed by atoms with Gasteiger partial charge in [-0.15, -0.1) is 0 Å². The fraction of sp³-hybridized carbons (Fsp3) is 0.543. The largest absolute Gasteiger partial charge is 0.461 e. The lowest BCUT2D eigenvalue weighted by Gasteiger charge is -2.35. The van der Waals surface area contributed by atoms with Crippen LogP contribution in [0.5, 0.6) is 0 Å². The Morgan fingerprint density at radius 1 is 0.809 bits per heavy atom. The molecule has 0 saturated carbocycles. The van der Waals surface area contributed by atoms with E-state index in [2.05, 4.69) is 10.7 Å². The molecule has 1 heterocycles. The summed E-state index contributed by atoms with van der Waals surface area (Å²) in [6, 6.07) is 18.0. The van der Waals surface area contributed by atoms with Crippen molar-refractivity contribution in [1.82, 2.24) is 20.7 Å². The standard InChI is InChI=1S/C35H50N4O8/c1-34(2,3)46-31(41)37-29(21-30(40)44-24-27-13-9-7-10-14-27)22-36-39(33(43)47-35(4,5)6)23-26-17-19-38(20-18-26)32(42)45-25-28-15-11-8-12-16-28/h7-16,26,29,36H,17-25H2,1-6H3,(H,37,41)/t29-/m0/s1. The fourth-order valence-corrected chi connectivity index (χ4v) is 4.75. The molecule has 1 aliphatic heterocycles. The number of hydrogen-bond donors (Lipinski definition) is 2. The van der Waals surface area contributed by atoms with Gasteiger partial charge in [-0.2, -0.15) is 0 Å². The minimum absolute atomic E-state index is 0.0174. The van der Waals surface area contributed by atoms with E-state index < -0.39 is 35.4 Å². The predicted octanol–water partition coefficient (Wildman–Crippen LogP) is 5.80. The summed E-state index contributed by atoms with van der Waals surface area (Å²) in [5, 5.41) is 4.10. The minimum Gasteiger partial charge on any atom is -0.461 e. The van der Waals surface area contributed by atoms with E-state index in [1.807, 2.05) is 60.7 Å². The first-order valence-electron chi connectivity index (χ1n) is 16.1. The highest BCUT2D eigenvalue weighted by atomic mass is 16.6. The monoisotopic (exact) mass is 654 g/mol. The molecule has 0 unspecified atom stereocenters. The molecular formula is C35H50N4O8. The van der Waals surface area contributed by atoms with E-state index in [1.165, 1.54) is 5.01 Å². The van der Waals surface area contributed by atoms with Crippen LogP contribution < -0.4 is 10.7 Å². The van der Waals surface area contributed by atoms with Crippen molar-refractivity contribution < 1.29 is 38.1 Å². The number of benzene rings is 2. The van der Waals surface area contributed by atoms with Crippen molar-refractivity contribution in [3.05, 3.63) is 71.8 Å². The van der Waals surface area contributed by atoms with Gasteiger partial charge in [0.05, 0.1) is 12.5 Å². The van der Waals surface area contributed by atoms with Crippen molar-refractivity contribution in [2.24, 2.45) is 5.92 Å². The Hall–Kier alpha value is -4.32. The van der Waals surface area contributed by atoms with E-state index in [0.29, 0.717) is 32.5 Å². The van der Waals surface area contributed by atoms with Crippen LogP contribution in [0.3, 0.4) is 0 Å². The Morgan fingerprint density at radius 2 is 1.34 bits per heavy atom. The second-order valence-electron chi connectivity index (χ2n) is 13.6. The molecule has 1 saturated heterocycles. The number of hydrogen-bond acceptors (Lipinski definition) is 9. The SMILES string of the molecule is CC(C)(C)OC(=O)N[C@H](CNN(CC1CCN(C(=O)OCc2ccccc2)CC1)C(=O)OC(C)(C)C)CC(=O)OCc1ccccc1. The van der Waals surface area contributed by atoms with Crippen LogP contribution in [0.1, 0.15) is 71.9 Å². The maximum Gasteiger partial charge on any atom is 0.424 e. The summed E-state index contributed by atoms with van der Waals surface area (Å²) in [5.41, 5.74) is 3.34. The Bertz CT molecular complexity index is 1290. The number of ether oxygens (including phenoxy) is 4. The van der Waals surface area contributed by atoms with Gasteiger partial charge in [0.2, 0.25) is 0 Å². The molecule has 12 heteroatoms. The second-order valence-corrected chi connectivity index (χ2v) is 13.6. The van der Waals surface area contributed by atoms with Gasteiger partial charge in [0.15, 0.2) is 0 Å². The molecular weight excluding hydrogens is 604 g/mol. The van der Waals surface area contributed by atoms with Gasteiger partial charge in [-0.05, 0) is 71.4 Å². The van der Waals surface area contributed by atoms with E-state index >= 15 is 0 Å². The predicted molar refractivity (Wildman–Crippen MR) is 176 cm³/mol. The zero-order valence-corrected chi connectivity index (χ0v) is 28.5. The molecule has 258 valence electrons. The Balaban J connectivity index is 1.61. The van der Waals surface area contributed by atoms with Crippen molar-refractivity contribution in [3.8, 4) is 0 Å². The number of rotatable bonds is 12. The lowest BCUT2D eigenvalue weighted by Crippen LogP contribution is -2.54. The maximum absolute atomic E-state index is 13.3. The summed E-state index contributed by atoms with van der Waals surface area (Å²) in [4.78, 5) is 53.1. The van der Waals surface area contributed by atoms with Crippen LogP contribution in [0, 0.1) is 5.92 Å². The summed E-state index contributed by atoms with van der Waals surface area (Å²) < 4.78 is 22.0. The molecule has 0 radical (unpaired) electrons. The van der Waals surface area contributed by atoms with Crippen LogP contribution in [0.25, 0.3) is 0 Å². The van der Waals surface area contributed by atoms with Gasteiger partial charge in [-0.1, -0.05) is 60.7 Å². The number of hydrazine groups is 1. The average molecular weight is 655 g/mol. The number of piperidine rings is 1. The fourth-order valence-electron chi connectivity index (χ4n) is 4.75. The average Bonchev–Trinajstić information content (AvgIpc) is 3.00. The minimum atomic E-state index is -0.765. The second kappa shape index (κ2) is 17.6. The Kier molecular flexibility index (Phi) is 13.9. The summed E-state index contributed by atoms with van der Waals surface area (Å²) >= 11 is 0. The first-order valence-corrected chi connectivity index (χ1v) is 16.1. The van der Waals surface area contributed by atoms with Gasteiger partial charge in [0.1, 0.15) is 24.4 Å². The molecule has 2 N–H and O–H groups in total. The molecule has 3 amide bonds. The van der Waals surface area contributed by atoms with E-state index in [0.717, 1.165) is 11.1 Å². The number of amides is 3. The van der Waals surface area contributed by atoms with Crippen molar-refractivity contribution in [3.63, 3.8) is 0 Å². The van der Waals surface area contributed by atoms with Gasteiger partial charge in [0, 0.05) is 26.2 Å². The maximum atomic E-state index is 13.3. The van der Waals surface area contributed by atoms with E-state index in [1.54, 1.807) is 46.4 Å². The van der Waals surface area contributed by atoms with Crippen LogP contribution >= 0.6 is 0 Å². The molecule has 2 aromatic carbocycles. The van der Waals surface area contributed by atoms with Crippen molar-refractivity contribution in [2.75, 3.05) is 26.2 Å². The highest BCUT2D eigenvalue weighted by Gasteiger charge is 2.30. The quantitative estimate of drug-likeness (QED) is 0.165. The van der Waals surface area contributed by atoms with Crippen molar-refractivity contribution >= 4 is 24.2 Å². The number of esters is 1. The zero-order valence-electron chi connectivity index (χ0n) is 28.5. The van der Waals surface area contributed by atoms with E-state index in [9.17, 15) is 19.2 Å². The number of alkyl carbamates (subject to hydrolysis) is 1. The zero-order chi connectivity index (χ0) is 34.5.